The van der Waals surface area contributed by atoms with Gasteiger partial charge in [0.1, 0.15) is 5.58 Å². The van der Waals surface area contributed by atoms with Gasteiger partial charge in [0.15, 0.2) is 5.58 Å². The van der Waals surface area contributed by atoms with Crippen molar-refractivity contribution in [1.29, 1.82) is 0 Å². The Bertz CT molecular complexity index is 4640. The Morgan fingerprint density at radius 1 is 0.529 bits per heavy atom. The Morgan fingerprint density at radius 2 is 1.17 bits per heavy atom. The number of furan rings is 1. The van der Waals surface area contributed by atoms with E-state index in [9.17, 15) is 0 Å². The number of hydrogen-bond donors (Lipinski definition) is 0. The third-order valence-electron chi connectivity index (χ3n) is 21.8. The van der Waals surface area contributed by atoms with Crippen LogP contribution in [0.25, 0.3) is 53.2 Å². The first-order valence-electron chi connectivity index (χ1n) is 32.5. The molecule has 3 unspecified atom stereocenters. The molecule has 15 rings (SSSR count). The molecular formula is C82H85BN2OS. The Kier molecular flexibility index (Phi) is 12.5. The summed E-state index contributed by atoms with van der Waals surface area (Å²) in [6.45, 7) is 35.6. The molecule has 0 radical (unpaired) electrons. The van der Waals surface area contributed by atoms with Crippen LogP contribution in [-0.2, 0) is 33.5 Å². The fourth-order valence-electron chi connectivity index (χ4n) is 16.6. The maximum Gasteiger partial charge on any atom is 0.252 e. The molecule has 9 aromatic carbocycles. The molecule has 0 N–H and O–H groups in total. The molecule has 4 heterocycles. The second-order valence-electron chi connectivity index (χ2n) is 31.3. The summed E-state index contributed by atoms with van der Waals surface area (Å²) >= 11 is 1.92. The lowest BCUT2D eigenvalue weighted by molar-refractivity contribution is 0.0763. The smallest absolute Gasteiger partial charge is 0.252 e. The average Bonchev–Trinajstić information content (AvgIpc) is 1.64. The van der Waals surface area contributed by atoms with Gasteiger partial charge < -0.3 is 14.2 Å². The maximum absolute atomic E-state index is 7.42. The molecule has 11 aromatic rings. The van der Waals surface area contributed by atoms with Crippen LogP contribution in [0, 0.1) is 12.3 Å². The molecule has 0 spiro atoms. The third kappa shape index (κ3) is 8.61. The van der Waals surface area contributed by atoms with E-state index in [0.29, 0.717) is 5.92 Å². The molecule has 0 bridgehead atoms. The van der Waals surface area contributed by atoms with Crippen LogP contribution in [0.1, 0.15) is 179 Å². The van der Waals surface area contributed by atoms with E-state index in [2.05, 4.69) is 277 Å². The molecule has 0 saturated heterocycles. The largest absolute Gasteiger partial charge is 0.454 e. The number of hydrogen-bond acceptors (Lipinski definition) is 4. The fourth-order valence-corrected chi connectivity index (χ4v) is 17.7. The molecular weight excluding hydrogens is 1070 g/mol. The van der Waals surface area contributed by atoms with Gasteiger partial charge in [0.25, 0.3) is 6.71 Å². The Balaban J connectivity index is 0.996. The van der Waals surface area contributed by atoms with Crippen LogP contribution >= 0.6 is 11.3 Å². The molecule has 2 aliphatic carbocycles. The van der Waals surface area contributed by atoms with Crippen molar-refractivity contribution in [3.63, 3.8) is 0 Å². The maximum atomic E-state index is 7.42. The van der Waals surface area contributed by atoms with Crippen LogP contribution in [0.4, 0.5) is 34.1 Å². The van der Waals surface area contributed by atoms with Crippen molar-refractivity contribution in [3.8, 4) is 11.1 Å². The van der Waals surface area contributed by atoms with E-state index in [4.69, 9.17) is 4.42 Å². The first-order valence-corrected chi connectivity index (χ1v) is 33.3. The first kappa shape index (κ1) is 56.2. The standard InChI is InChI=1S/C82H85BN2OS/c1-49-42-68-74-69(43-49)85(65-37-29-52(77(2,3)4)45-58(65)51-22-17-16-18-23-51)75-64(36-33-56-59-46-53(78(5,6)7)30-38-70(59)86-76(56)75)83(74)63-35-27-50(26-34-61-57-32-28-55(80(11,12)13)48-62(57)82(15)41-20-19-40-81(61,82)14)44-67(63)84(68)66-24-21-25-72-73(66)60-47-54(79(8,9)10)31-39-71(60)87-72/h16-18,21-25,27-33,35-39,42-48,61H,19-20,26,34,40-41H2,1-15H3. The molecule has 2 aliphatic heterocycles. The van der Waals surface area contributed by atoms with Gasteiger partial charge in [0, 0.05) is 53.6 Å². The molecule has 1 saturated carbocycles. The van der Waals surface area contributed by atoms with Gasteiger partial charge in [-0.15, -0.1) is 11.3 Å². The van der Waals surface area contributed by atoms with Gasteiger partial charge >= 0.3 is 0 Å². The third-order valence-corrected chi connectivity index (χ3v) is 22.9. The number of anilines is 6. The van der Waals surface area contributed by atoms with Gasteiger partial charge in [-0.1, -0.05) is 207 Å². The van der Waals surface area contributed by atoms with E-state index < -0.39 is 0 Å². The molecule has 438 valence electrons. The summed E-state index contributed by atoms with van der Waals surface area (Å²) in [6, 6.07) is 64.8. The number of nitrogens with zero attached hydrogens (tertiary/aromatic N) is 2. The Morgan fingerprint density at radius 3 is 1.91 bits per heavy atom. The van der Waals surface area contributed by atoms with Crippen molar-refractivity contribution in [2.45, 2.75) is 175 Å². The summed E-state index contributed by atoms with van der Waals surface area (Å²) in [4.78, 5) is 5.34. The summed E-state index contributed by atoms with van der Waals surface area (Å²) in [6.07, 6.45) is 7.29. The van der Waals surface area contributed by atoms with Gasteiger partial charge in [0.05, 0.1) is 17.1 Å². The topological polar surface area (TPSA) is 19.6 Å². The van der Waals surface area contributed by atoms with E-state index in [1.165, 1.54) is 130 Å². The molecule has 87 heavy (non-hydrogen) atoms. The lowest BCUT2D eigenvalue weighted by Gasteiger charge is -2.49. The summed E-state index contributed by atoms with van der Waals surface area (Å²) in [7, 11) is 0. The van der Waals surface area contributed by atoms with E-state index in [0.717, 1.165) is 46.2 Å². The van der Waals surface area contributed by atoms with Gasteiger partial charge in [-0.25, -0.2) is 0 Å². The number of fused-ring (bicyclic) bond motifs is 14. The molecule has 5 heteroatoms. The number of rotatable bonds is 6. The minimum Gasteiger partial charge on any atom is -0.454 e. The van der Waals surface area contributed by atoms with Crippen molar-refractivity contribution in [1.82, 2.24) is 0 Å². The lowest BCUT2D eigenvalue weighted by Crippen LogP contribution is -2.61. The summed E-state index contributed by atoms with van der Waals surface area (Å²) < 4.78 is 10.1. The molecule has 3 atom stereocenters. The highest BCUT2D eigenvalue weighted by molar-refractivity contribution is 7.26. The monoisotopic (exact) mass is 1160 g/mol. The summed E-state index contributed by atoms with van der Waals surface area (Å²) in [5, 5.41) is 4.96. The van der Waals surface area contributed by atoms with Crippen LogP contribution in [0.2, 0.25) is 0 Å². The fraction of sp³-hybridized carbons (Fsp3) is 0.341. The van der Waals surface area contributed by atoms with Gasteiger partial charge in [-0.05, 0) is 204 Å². The van der Waals surface area contributed by atoms with E-state index >= 15 is 0 Å². The lowest BCUT2D eigenvalue weighted by atomic mass is 9.33. The Labute approximate surface area is 521 Å². The molecule has 1 fully saturated rings. The van der Waals surface area contributed by atoms with Gasteiger partial charge in [-0.2, -0.15) is 0 Å². The normalized spacial score (nSPS) is 19.3. The molecule has 2 aromatic heterocycles. The predicted octanol–water partition coefficient (Wildman–Crippen LogP) is 21.8. The van der Waals surface area contributed by atoms with Crippen LogP contribution in [0.3, 0.4) is 0 Å². The number of aryl methyl sites for hydroxylation is 2. The van der Waals surface area contributed by atoms with E-state index in [-0.39, 0.29) is 39.2 Å². The van der Waals surface area contributed by atoms with E-state index in [1.54, 1.807) is 11.1 Å². The number of benzene rings is 9. The van der Waals surface area contributed by atoms with Gasteiger partial charge in [0.2, 0.25) is 0 Å². The predicted molar refractivity (Wildman–Crippen MR) is 377 cm³/mol. The Hall–Kier alpha value is -7.34. The van der Waals surface area contributed by atoms with Crippen molar-refractivity contribution < 1.29 is 4.42 Å². The van der Waals surface area contributed by atoms with Crippen molar-refractivity contribution in [2.24, 2.45) is 5.41 Å². The average molecular weight is 1160 g/mol. The SMILES string of the molecule is Cc1cc2c3c(c1)N(c1cccc4sc5ccc(C(C)(C)C)cc5c14)c1cc(CCC4c5ccc(C(C)(C)C)cc5C5(C)CCCCC45C)ccc1B3c1ccc3c(oc4ccc(C(C)(C)C)cc43)c1N2c1ccc(C(C)(C)C)cc1-c1ccccc1. The van der Waals surface area contributed by atoms with Crippen LogP contribution in [-0.4, -0.2) is 6.71 Å². The molecule has 0 amide bonds. The first-order chi connectivity index (χ1) is 41.3. The highest BCUT2D eigenvalue weighted by Gasteiger charge is 2.58. The van der Waals surface area contributed by atoms with Crippen molar-refractivity contribution in [2.75, 3.05) is 9.80 Å². The number of thiophene rings is 1. The zero-order valence-electron chi connectivity index (χ0n) is 54.2. The minimum absolute atomic E-state index is 0.00558. The quantitative estimate of drug-likeness (QED) is 0.155. The van der Waals surface area contributed by atoms with Gasteiger partial charge in [-0.3, -0.25) is 0 Å². The van der Waals surface area contributed by atoms with Crippen molar-refractivity contribution in [3.05, 3.63) is 208 Å². The highest BCUT2D eigenvalue weighted by Crippen LogP contribution is 2.66. The van der Waals surface area contributed by atoms with Crippen molar-refractivity contribution >= 4 is 111 Å². The summed E-state index contributed by atoms with van der Waals surface area (Å²) in [5.74, 6) is 0.480. The second-order valence-corrected chi connectivity index (χ2v) is 32.4. The highest BCUT2D eigenvalue weighted by atomic mass is 32.1. The second kappa shape index (κ2) is 19.3. The van der Waals surface area contributed by atoms with E-state index in [1.807, 2.05) is 11.3 Å². The zero-order chi connectivity index (χ0) is 60.6. The molecule has 3 nitrogen and oxygen atoms in total. The van der Waals surface area contributed by atoms with Crippen LogP contribution < -0.4 is 26.2 Å². The molecule has 4 aliphatic rings. The van der Waals surface area contributed by atoms with Crippen LogP contribution in [0.5, 0.6) is 0 Å². The zero-order valence-corrected chi connectivity index (χ0v) is 55.0. The minimum atomic E-state index is -0.0922. The summed E-state index contributed by atoms with van der Waals surface area (Å²) in [5.41, 5.74) is 27.0. The van der Waals surface area contributed by atoms with Crippen LogP contribution in [0.15, 0.2) is 168 Å².